The van der Waals surface area contributed by atoms with Gasteiger partial charge in [0.2, 0.25) is 0 Å². The minimum atomic E-state index is 0.238. The molecular weight excluding hydrogens is 216 g/mol. The van der Waals surface area contributed by atoms with E-state index in [4.69, 9.17) is 11.6 Å². The molecule has 0 nitrogen and oxygen atoms in total. The molecule has 1 aliphatic rings. The van der Waals surface area contributed by atoms with Crippen molar-refractivity contribution in [3.05, 3.63) is 35.4 Å². The van der Waals surface area contributed by atoms with Gasteiger partial charge in [-0.2, -0.15) is 0 Å². The second-order valence-corrected chi connectivity index (χ2v) is 5.90. The first-order chi connectivity index (χ1) is 7.66. The zero-order chi connectivity index (χ0) is 11.5. The van der Waals surface area contributed by atoms with E-state index >= 15 is 0 Å². The molecule has 0 N–H and O–H groups in total. The second-order valence-electron chi connectivity index (χ2n) is 5.43. The van der Waals surface area contributed by atoms with Gasteiger partial charge >= 0.3 is 0 Å². The molecular formula is C15H21Cl. The van der Waals surface area contributed by atoms with Crippen molar-refractivity contribution in [2.45, 2.75) is 44.9 Å². The third kappa shape index (κ3) is 2.79. The van der Waals surface area contributed by atoms with E-state index in [-0.39, 0.29) is 5.38 Å². The molecule has 0 saturated heterocycles. The van der Waals surface area contributed by atoms with Gasteiger partial charge in [0.05, 0.1) is 5.38 Å². The molecule has 16 heavy (non-hydrogen) atoms. The molecule has 1 atom stereocenters. The first-order valence-corrected chi connectivity index (χ1v) is 6.83. The minimum absolute atomic E-state index is 0.238. The van der Waals surface area contributed by atoms with Crippen LogP contribution in [-0.2, 0) is 6.42 Å². The molecule has 1 fully saturated rings. The van der Waals surface area contributed by atoms with Crippen molar-refractivity contribution in [3.8, 4) is 0 Å². The predicted molar refractivity (Wildman–Crippen MR) is 70.9 cm³/mol. The summed E-state index contributed by atoms with van der Waals surface area (Å²) in [6, 6.07) is 8.91. The maximum absolute atomic E-state index is 6.47. The number of hydrogen-bond acceptors (Lipinski definition) is 0. The summed E-state index contributed by atoms with van der Waals surface area (Å²) >= 11 is 6.47. The van der Waals surface area contributed by atoms with E-state index in [1.165, 1.54) is 30.4 Å². The average Bonchev–Trinajstić information content (AvgIpc) is 2.15. The first-order valence-electron chi connectivity index (χ1n) is 6.39. The highest BCUT2D eigenvalue weighted by atomic mass is 35.5. The lowest BCUT2D eigenvalue weighted by molar-refractivity contribution is 0.305. The largest absolute Gasteiger partial charge is 0.118 e. The van der Waals surface area contributed by atoms with Crippen molar-refractivity contribution < 1.29 is 0 Å². The van der Waals surface area contributed by atoms with Gasteiger partial charge in [-0.25, -0.2) is 0 Å². The molecule has 1 aromatic carbocycles. The van der Waals surface area contributed by atoms with E-state index in [0.29, 0.717) is 0 Å². The molecule has 0 bridgehead atoms. The van der Waals surface area contributed by atoms with E-state index in [0.717, 1.165) is 18.3 Å². The Morgan fingerprint density at radius 2 is 1.81 bits per heavy atom. The van der Waals surface area contributed by atoms with Crippen molar-refractivity contribution >= 4 is 11.6 Å². The molecule has 1 aliphatic carbocycles. The van der Waals surface area contributed by atoms with Crippen LogP contribution in [-0.4, -0.2) is 0 Å². The Balaban J connectivity index is 2.00. The summed E-state index contributed by atoms with van der Waals surface area (Å²) in [5, 5.41) is 0.238. The highest BCUT2D eigenvalue weighted by Gasteiger charge is 2.26. The molecule has 1 saturated carbocycles. The summed E-state index contributed by atoms with van der Waals surface area (Å²) in [7, 11) is 0. The van der Waals surface area contributed by atoms with Crippen LogP contribution in [0, 0.1) is 11.8 Å². The van der Waals surface area contributed by atoms with Crippen LogP contribution in [0.2, 0.25) is 0 Å². The molecule has 0 amide bonds. The quantitative estimate of drug-likeness (QED) is 0.648. The van der Waals surface area contributed by atoms with Gasteiger partial charge < -0.3 is 0 Å². The number of alkyl halides is 1. The predicted octanol–water partition coefficient (Wildman–Crippen LogP) is 4.97. The molecule has 1 unspecified atom stereocenters. The van der Waals surface area contributed by atoms with Crippen molar-refractivity contribution in [2.24, 2.45) is 11.8 Å². The highest BCUT2D eigenvalue weighted by Crippen LogP contribution is 2.41. The fourth-order valence-electron chi connectivity index (χ4n) is 2.31. The van der Waals surface area contributed by atoms with Crippen LogP contribution in [0.3, 0.4) is 0 Å². The van der Waals surface area contributed by atoms with Crippen LogP contribution in [0.5, 0.6) is 0 Å². The maximum Gasteiger partial charge on any atom is 0.0613 e. The Labute approximate surface area is 104 Å². The van der Waals surface area contributed by atoms with Crippen LogP contribution >= 0.6 is 11.6 Å². The molecule has 0 radical (unpaired) electrons. The van der Waals surface area contributed by atoms with E-state index in [2.05, 4.69) is 38.1 Å². The Kier molecular flexibility index (Phi) is 3.91. The topological polar surface area (TPSA) is 0 Å². The normalized spacial score (nSPS) is 18.5. The van der Waals surface area contributed by atoms with Crippen LogP contribution in [0.1, 0.15) is 49.6 Å². The average molecular weight is 237 g/mol. The van der Waals surface area contributed by atoms with Gasteiger partial charge in [0.15, 0.2) is 0 Å². The van der Waals surface area contributed by atoms with Crippen LogP contribution in [0.25, 0.3) is 0 Å². The summed E-state index contributed by atoms with van der Waals surface area (Å²) in [5.41, 5.74) is 2.73. The van der Waals surface area contributed by atoms with E-state index in [1.807, 2.05) is 0 Å². The lowest BCUT2D eigenvalue weighted by Crippen LogP contribution is -2.16. The van der Waals surface area contributed by atoms with Crippen molar-refractivity contribution in [3.63, 3.8) is 0 Å². The fraction of sp³-hybridized carbons (Fsp3) is 0.600. The van der Waals surface area contributed by atoms with Crippen LogP contribution in [0.4, 0.5) is 0 Å². The summed E-state index contributed by atoms with van der Waals surface area (Å²) in [4.78, 5) is 0. The van der Waals surface area contributed by atoms with Crippen molar-refractivity contribution in [2.75, 3.05) is 0 Å². The molecule has 1 aromatic rings. The summed E-state index contributed by atoms with van der Waals surface area (Å²) in [6.45, 7) is 4.51. The minimum Gasteiger partial charge on any atom is -0.118 e. The summed E-state index contributed by atoms with van der Waals surface area (Å²) < 4.78 is 0. The lowest BCUT2D eigenvalue weighted by atomic mass is 9.80. The molecule has 0 spiro atoms. The van der Waals surface area contributed by atoms with Crippen LogP contribution in [0.15, 0.2) is 24.3 Å². The van der Waals surface area contributed by atoms with E-state index < -0.39 is 0 Å². The van der Waals surface area contributed by atoms with E-state index in [9.17, 15) is 0 Å². The van der Waals surface area contributed by atoms with Gasteiger partial charge in [0.1, 0.15) is 0 Å². The fourth-order valence-corrected chi connectivity index (χ4v) is 2.71. The summed E-state index contributed by atoms with van der Waals surface area (Å²) in [6.07, 6.45) is 5.14. The van der Waals surface area contributed by atoms with Gasteiger partial charge in [-0.05, 0) is 42.2 Å². The van der Waals surface area contributed by atoms with Crippen molar-refractivity contribution in [1.29, 1.82) is 0 Å². The van der Waals surface area contributed by atoms with Gasteiger partial charge in [-0.3, -0.25) is 0 Å². The molecule has 88 valence electrons. The second kappa shape index (κ2) is 5.23. The van der Waals surface area contributed by atoms with Crippen LogP contribution < -0.4 is 0 Å². The molecule has 0 aliphatic heterocycles. The zero-order valence-electron chi connectivity index (χ0n) is 10.2. The Bertz CT molecular complexity index is 322. The third-order valence-electron chi connectivity index (χ3n) is 3.51. The van der Waals surface area contributed by atoms with E-state index in [1.54, 1.807) is 0 Å². The highest BCUT2D eigenvalue weighted by molar-refractivity contribution is 6.21. The zero-order valence-corrected chi connectivity index (χ0v) is 11.0. The molecule has 1 heteroatoms. The Morgan fingerprint density at radius 1 is 1.19 bits per heavy atom. The maximum atomic E-state index is 6.47. The number of hydrogen-bond donors (Lipinski definition) is 0. The smallest absolute Gasteiger partial charge is 0.0613 e. The summed E-state index contributed by atoms with van der Waals surface area (Å²) in [5.74, 6) is 1.45. The third-order valence-corrected chi connectivity index (χ3v) is 4.11. The number of benzene rings is 1. The van der Waals surface area contributed by atoms with Crippen molar-refractivity contribution in [1.82, 2.24) is 0 Å². The van der Waals surface area contributed by atoms with Gasteiger partial charge in [0, 0.05) is 0 Å². The molecule has 0 aromatic heterocycles. The first kappa shape index (κ1) is 12.0. The SMILES string of the molecule is CC(C)Cc1ccc(C(Cl)C2CCC2)cc1. The number of rotatable bonds is 4. The lowest BCUT2D eigenvalue weighted by Gasteiger charge is -2.30. The molecule has 0 heterocycles. The monoisotopic (exact) mass is 236 g/mol. The van der Waals surface area contributed by atoms with Gasteiger partial charge in [-0.15, -0.1) is 11.6 Å². The standard InChI is InChI=1S/C15H21Cl/c1-11(2)10-12-6-8-14(9-7-12)15(16)13-4-3-5-13/h6-9,11,13,15H,3-5,10H2,1-2H3. The van der Waals surface area contributed by atoms with Gasteiger partial charge in [-0.1, -0.05) is 44.5 Å². The Morgan fingerprint density at radius 3 is 2.25 bits per heavy atom. The number of halogens is 1. The Hall–Kier alpha value is -0.490. The van der Waals surface area contributed by atoms with Gasteiger partial charge in [0.25, 0.3) is 0 Å². The molecule has 2 rings (SSSR count).